The van der Waals surface area contributed by atoms with Gasteiger partial charge in [0.1, 0.15) is 17.9 Å². The average molecular weight is 455 g/mol. The lowest BCUT2D eigenvalue weighted by molar-refractivity contribution is -0.121. The second-order valence-corrected chi connectivity index (χ2v) is 7.88. The zero-order valence-corrected chi connectivity index (χ0v) is 18.2. The van der Waals surface area contributed by atoms with Crippen LogP contribution in [0.15, 0.2) is 64.3 Å². The molecule has 0 radical (unpaired) electrons. The number of fused-ring (bicyclic) bond motifs is 1. The van der Waals surface area contributed by atoms with E-state index in [1.807, 2.05) is 30.3 Å². The molecule has 2 heterocycles. The van der Waals surface area contributed by atoms with Crippen molar-refractivity contribution in [3.63, 3.8) is 0 Å². The maximum atomic E-state index is 13.3. The highest BCUT2D eigenvalue weighted by Gasteiger charge is 2.20. The van der Waals surface area contributed by atoms with Crippen LogP contribution in [0.5, 0.6) is 0 Å². The van der Waals surface area contributed by atoms with Gasteiger partial charge >= 0.3 is 5.69 Å². The quantitative estimate of drug-likeness (QED) is 0.503. The number of carbonyl (C=O) groups excluding carboxylic acids is 1. The van der Waals surface area contributed by atoms with Gasteiger partial charge in [-0.05, 0) is 23.3 Å². The van der Waals surface area contributed by atoms with Crippen molar-refractivity contribution in [1.82, 2.24) is 19.0 Å². The number of aryl methyl sites for hydroxylation is 1. The van der Waals surface area contributed by atoms with Crippen LogP contribution in [0.3, 0.4) is 0 Å². The van der Waals surface area contributed by atoms with Gasteiger partial charge in [-0.3, -0.25) is 18.7 Å². The molecule has 0 fully saturated rings. The standard InChI is InChI=1S/C23H20ClFN4O3/c1-27-12-16(15-6-4-3-5-7-15)20-21(27)22(31)28(2)23(32)29(20)13-19(30)26-11-14-8-9-18(25)17(24)10-14/h3-10,12H,11,13H2,1-2H3,(H,26,30). The molecule has 7 nitrogen and oxygen atoms in total. The molecule has 0 aliphatic heterocycles. The fourth-order valence-corrected chi connectivity index (χ4v) is 3.89. The van der Waals surface area contributed by atoms with Gasteiger partial charge in [-0.25, -0.2) is 9.18 Å². The molecule has 0 aliphatic carbocycles. The normalized spacial score (nSPS) is 11.1. The summed E-state index contributed by atoms with van der Waals surface area (Å²) < 4.78 is 17.3. The third kappa shape index (κ3) is 3.85. The van der Waals surface area contributed by atoms with Crippen LogP contribution in [0.2, 0.25) is 5.02 Å². The minimum Gasteiger partial charge on any atom is -0.350 e. The van der Waals surface area contributed by atoms with E-state index in [2.05, 4.69) is 5.32 Å². The summed E-state index contributed by atoms with van der Waals surface area (Å²) in [4.78, 5) is 38.5. The van der Waals surface area contributed by atoms with E-state index >= 15 is 0 Å². The van der Waals surface area contributed by atoms with Crippen LogP contribution in [0.25, 0.3) is 22.2 Å². The summed E-state index contributed by atoms with van der Waals surface area (Å²) in [6.45, 7) is -0.176. The first-order valence-electron chi connectivity index (χ1n) is 9.83. The zero-order chi connectivity index (χ0) is 23.0. The lowest BCUT2D eigenvalue weighted by Gasteiger charge is -2.12. The number of hydrogen-bond acceptors (Lipinski definition) is 3. The van der Waals surface area contributed by atoms with Crippen molar-refractivity contribution in [1.29, 1.82) is 0 Å². The molecule has 164 valence electrons. The molecule has 0 saturated heterocycles. The van der Waals surface area contributed by atoms with E-state index in [-0.39, 0.29) is 18.1 Å². The predicted molar refractivity (Wildman–Crippen MR) is 121 cm³/mol. The van der Waals surface area contributed by atoms with Gasteiger partial charge in [0.25, 0.3) is 5.56 Å². The van der Waals surface area contributed by atoms with Crippen molar-refractivity contribution in [3.05, 3.63) is 92.0 Å². The van der Waals surface area contributed by atoms with E-state index in [0.717, 1.165) is 10.1 Å². The van der Waals surface area contributed by atoms with Gasteiger partial charge in [0.15, 0.2) is 0 Å². The molecule has 1 amide bonds. The Hall–Kier alpha value is -3.65. The Labute approximate surface area is 187 Å². The van der Waals surface area contributed by atoms with E-state index in [1.165, 1.54) is 29.8 Å². The van der Waals surface area contributed by atoms with Crippen LogP contribution in [0.1, 0.15) is 5.56 Å². The summed E-state index contributed by atoms with van der Waals surface area (Å²) in [6.07, 6.45) is 1.77. The molecule has 0 spiro atoms. The zero-order valence-electron chi connectivity index (χ0n) is 17.4. The smallest absolute Gasteiger partial charge is 0.331 e. The molecule has 0 bridgehead atoms. The molecule has 32 heavy (non-hydrogen) atoms. The summed E-state index contributed by atoms with van der Waals surface area (Å²) in [5, 5.41) is 2.67. The minimum atomic E-state index is -0.592. The Bertz CT molecular complexity index is 1450. The highest BCUT2D eigenvalue weighted by atomic mass is 35.5. The first-order chi connectivity index (χ1) is 15.3. The fraction of sp³-hybridized carbons (Fsp3) is 0.174. The van der Waals surface area contributed by atoms with Crippen LogP contribution < -0.4 is 16.6 Å². The highest BCUT2D eigenvalue weighted by Crippen LogP contribution is 2.27. The van der Waals surface area contributed by atoms with Gasteiger partial charge in [-0.2, -0.15) is 0 Å². The molecule has 1 N–H and O–H groups in total. The van der Waals surface area contributed by atoms with Crippen LogP contribution in [-0.4, -0.2) is 19.6 Å². The molecule has 0 saturated carbocycles. The second-order valence-electron chi connectivity index (χ2n) is 7.47. The molecule has 0 aliphatic rings. The Kier molecular flexibility index (Phi) is 5.71. The Morgan fingerprint density at radius 1 is 1.06 bits per heavy atom. The molecular weight excluding hydrogens is 435 g/mol. The fourth-order valence-electron chi connectivity index (χ4n) is 3.69. The number of nitrogens with one attached hydrogen (secondary N) is 1. The van der Waals surface area contributed by atoms with Gasteiger partial charge in [0, 0.05) is 32.4 Å². The number of aromatic nitrogens is 3. The van der Waals surface area contributed by atoms with Gasteiger partial charge in [-0.1, -0.05) is 48.0 Å². The van der Waals surface area contributed by atoms with Crippen LogP contribution >= 0.6 is 11.6 Å². The molecule has 2 aromatic heterocycles. The summed E-state index contributed by atoms with van der Waals surface area (Å²) in [6, 6.07) is 13.5. The Balaban J connectivity index is 1.74. The molecule has 0 atom stereocenters. The maximum Gasteiger partial charge on any atom is 0.331 e. The van der Waals surface area contributed by atoms with Crippen molar-refractivity contribution in [2.24, 2.45) is 14.1 Å². The van der Waals surface area contributed by atoms with E-state index in [0.29, 0.717) is 22.2 Å². The number of carbonyl (C=O) groups is 1. The monoisotopic (exact) mass is 454 g/mol. The van der Waals surface area contributed by atoms with Crippen molar-refractivity contribution >= 4 is 28.5 Å². The maximum absolute atomic E-state index is 13.3. The minimum absolute atomic E-state index is 0.0375. The topological polar surface area (TPSA) is 78.0 Å². The molecule has 0 unspecified atom stereocenters. The first kappa shape index (κ1) is 21.6. The van der Waals surface area contributed by atoms with Crippen molar-refractivity contribution in [2.75, 3.05) is 0 Å². The second kappa shape index (κ2) is 8.47. The van der Waals surface area contributed by atoms with Crippen LogP contribution in [0.4, 0.5) is 4.39 Å². The molecule has 4 rings (SSSR count). The molecule has 9 heteroatoms. The van der Waals surface area contributed by atoms with Crippen LogP contribution in [-0.2, 0) is 32.0 Å². The first-order valence-corrected chi connectivity index (χ1v) is 10.2. The van der Waals surface area contributed by atoms with Crippen LogP contribution in [0, 0.1) is 5.82 Å². The number of amides is 1. The van der Waals surface area contributed by atoms with Gasteiger partial charge in [-0.15, -0.1) is 0 Å². The van der Waals surface area contributed by atoms with Gasteiger partial charge < -0.3 is 9.88 Å². The molecule has 2 aromatic carbocycles. The Morgan fingerprint density at radius 3 is 2.47 bits per heavy atom. The van der Waals surface area contributed by atoms with Crippen molar-refractivity contribution in [3.8, 4) is 11.1 Å². The van der Waals surface area contributed by atoms with Gasteiger partial charge in [0.05, 0.1) is 10.5 Å². The van der Waals surface area contributed by atoms with E-state index in [1.54, 1.807) is 17.8 Å². The third-order valence-electron chi connectivity index (χ3n) is 5.31. The van der Waals surface area contributed by atoms with Crippen molar-refractivity contribution < 1.29 is 9.18 Å². The number of rotatable bonds is 5. The summed E-state index contributed by atoms with van der Waals surface area (Å²) in [5.41, 5.74) is 1.80. The number of nitrogens with zero attached hydrogens (tertiary/aromatic N) is 3. The van der Waals surface area contributed by atoms with E-state index in [4.69, 9.17) is 11.6 Å². The molecular formula is C23H20ClFN4O3. The third-order valence-corrected chi connectivity index (χ3v) is 5.60. The Morgan fingerprint density at radius 2 is 1.78 bits per heavy atom. The summed E-state index contributed by atoms with van der Waals surface area (Å²) >= 11 is 5.79. The van der Waals surface area contributed by atoms with E-state index in [9.17, 15) is 18.8 Å². The molecule has 4 aromatic rings. The predicted octanol–water partition coefficient (Wildman–Crippen LogP) is 2.81. The average Bonchev–Trinajstić information content (AvgIpc) is 3.13. The summed E-state index contributed by atoms with van der Waals surface area (Å²) in [7, 11) is 3.11. The number of halogens is 2. The van der Waals surface area contributed by atoms with Crippen molar-refractivity contribution in [2.45, 2.75) is 13.1 Å². The number of benzene rings is 2. The SMILES string of the molecule is Cn1c(=O)c2c(c(-c3ccccc3)cn2C)n(CC(=O)NCc2ccc(F)c(Cl)c2)c1=O. The van der Waals surface area contributed by atoms with Gasteiger partial charge in [0.2, 0.25) is 5.91 Å². The largest absolute Gasteiger partial charge is 0.350 e. The number of hydrogen-bond donors (Lipinski definition) is 1. The lowest BCUT2D eigenvalue weighted by atomic mass is 10.1. The van der Waals surface area contributed by atoms with E-state index < -0.39 is 23.0 Å². The lowest BCUT2D eigenvalue weighted by Crippen LogP contribution is -2.41. The summed E-state index contributed by atoms with van der Waals surface area (Å²) in [5.74, 6) is -0.978. The highest BCUT2D eigenvalue weighted by molar-refractivity contribution is 6.30.